The fraction of sp³-hybridized carbons (Fsp3) is 0.462. The van der Waals surface area contributed by atoms with Gasteiger partial charge in [-0.15, -0.1) is 24.2 Å². The molecule has 1 fully saturated rings. The Morgan fingerprint density at radius 1 is 1.65 bits per heavy atom. The first-order valence-electron chi connectivity index (χ1n) is 6.11. The maximum Gasteiger partial charge on any atom is 0.238 e. The SMILES string of the molecule is CC(Cc1ccc(F)c(Br)c1)NC(=O)C1CSCN1.Cl. The number of carbonyl (C=O) groups excluding carboxylic acids is 1. The molecule has 0 aromatic heterocycles. The van der Waals surface area contributed by atoms with Crippen LogP contribution in [0.1, 0.15) is 12.5 Å². The van der Waals surface area contributed by atoms with Gasteiger partial charge >= 0.3 is 0 Å². The first-order chi connectivity index (χ1) is 9.06. The van der Waals surface area contributed by atoms with Crippen molar-refractivity contribution in [1.29, 1.82) is 0 Å². The van der Waals surface area contributed by atoms with Crippen LogP contribution in [0, 0.1) is 5.82 Å². The lowest BCUT2D eigenvalue weighted by Gasteiger charge is -2.17. The van der Waals surface area contributed by atoms with Crippen LogP contribution in [-0.2, 0) is 11.2 Å². The maximum atomic E-state index is 13.1. The van der Waals surface area contributed by atoms with Crippen LogP contribution in [0.4, 0.5) is 4.39 Å². The number of rotatable bonds is 4. The largest absolute Gasteiger partial charge is 0.352 e. The Kier molecular flexibility index (Phi) is 7.29. The van der Waals surface area contributed by atoms with E-state index in [9.17, 15) is 9.18 Å². The topological polar surface area (TPSA) is 41.1 Å². The molecule has 0 bridgehead atoms. The van der Waals surface area contributed by atoms with Crippen molar-refractivity contribution in [3.8, 4) is 0 Å². The average molecular weight is 384 g/mol. The Balaban J connectivity index is 0.00000200. The Hall–Kier alpha value is -0.300. The number of nitrogens with one attached hydrogen (secondary N) is 2. The molecule has 0 saturated carbocycles. The number of carbonyl (C=O) groups is 1. The van der Waals surface area contributed by atoms with Gasteiger partial charge in [-0.3, -0.25) is 10.1 Å². The highest BCUT2D eigenvalue weighted by atomic mass is 79.9. The van der Waals surface area contributed by atoms with Crippen LogP contribution in [0.3, 0.4) is 0 Å². The van der Waals surface area contributed by atoms with E-state index >= 15 is 0 Å². The van der Waals surface area contributed by atoms with Crippen molar-refractivity contribution in [3.63, 3.8) is 0 Å². The number of halogens is 3. The molecule has 1 amide bonds. The third kappa shape index (κ3) is 4.91. The summed E-state index contributed by atoms with van der Waals surface area (Å²) in [6, 6.07) is 4.86. The minimum Gasteiger partial charge on any atom is -0.352 e. The Bertz CT molecular complexity index is 472. The normalized spacial score (nSPS) is 19.2. The molecule has 1 heterocycles. The quantitative estimate of drug-likeness (QED) is 0.840. The molecule has 2 N–H and O–H groups in total. The third-order valence-electron chi connectivity index (χ3n) is 2.95. The zero-order valence-electron chi connectivity index (χ0n) is 11.0. The molecule has 1 aliphatic heterocycles. The van der Waals surface area contributed by atoms with Crippen LogP contribution in [0.25, 0.3) is 0 Å². The molecule has 0 spiro atoms. The molecule has 0 aliphatic carbocycles. The van der Waals surface area contributed by atoms with Crippen LogP contribution in [-0.4, -0.2) is 29.6 Å². The Labute approximate surface area is 137 Å². The van der Waals surface area contributed by atoms with E-state index in [0.29, 0.717) is 10.9 Å². The fourth-order valence-electron chi connectivity index (χ4n) is 1.98. The van der Waals surface area contributed by atoms with Crippen LogP contribution in [0.2, 0.25) is 0 Å². The predicted molar refractivity (Wildman–Crippen MR) is 86.9 cm³/mol. The zero-order chi connectivity index (χ0) is 13.8. The standard InChI is InChI=1S/C13H16BrFN2OS.ClH/c1-8(17-13(18)12-6-19-7-16-12)4-9-2-3-11(15)10(14)5-9;/h2-3,5,8,12,16H,4,6-7H2,1H3,(H,17,18);1H. The summed E-state index contributed by atoms with van der Waals surface area (Å²) in [6.07, 6.45) is 0.685. The summed E-state index contributed by atoms with van der Waals surface area (Å²) < 4.78 is 13.6. The molecular weight excluding hydrogens is 367 g/mol. The molecule has 1 aromatic carbocycles. The summed E-state index contributed by atoms with van der Waals surface area (Å²) in [5, 5.41) is 6.12. The minimum absolute atomic E-state index is 0. The first kappa shape index (κ1) is 17.8. The van der Waals surface area contributed by atoms with E-state index in [2.05, 4.69) is 26.6 Å². The monoisotopic (exact) mass is 382 g/mol. The van der Waals surface area contributed by atoms with Crippen molar-refractivity contribution in [3.05, 3.63) is 34.1 Å². The van der Waals surface area contributed by atoms with Gasteiger partial charge in [-0.2, -0.15) is 0 Å². The predicted octanol–water partition coefficient (Wildman–Crippen LogP) is 2.72. The van der Waals surface area contributed by atoms with Gasteiger partial charge in [0.15, 0.2) is 0 Å². The molecule has 1 saturated heterocycles. The summed E-state index contributed by atoms with van der Waals surface area (Å²) in [7, 11) is 0. The van der Waals surface area contributed by atoms with E-state index in [4.69, 9.17) is 0 Å². The molecule has 7 heteroatoms. The molecule has 0 radical (unpaired) electrons. The molecular formula is C13H17BrClFN2OS. The number of amides is 1. The number of thioether (sulfide) groups is 1. The van der Waals surface area contributed by atoms with Crippen molar-refractivity contribution >= 4 is 46.0 Å². The summed E-state index contributed by atoms with van der Waals surface area (Å²) in [6.45, 7) is 1.96. The van der Waals surface area contributed by atoms with Crippen LogP contribution >= 0.6 is 40.1 Å². The Morgan fingerprint density at radius 3 is 3.00 bits per heavy atom. The van der Waals surface area contributed by atoms with Crippen molar-refractivity contribution in [1.82, 2.24) is 10.6 Å². The van der Waals surface area contributed by atoms with Gasteiger partial charge in [-0.05, 0) is 47.0 Å². The van der Waals surface area contributed by atoms with Gasteiger partial charge in [0.1, 0.15) is 5.82 Å². The second-order valence-corrected chi connectivity index (χ2v) is 6.52. The second-order valence-electron chi connectivity index (χ2n) is 4.63. The smallest absolute Gasteiger partial charge is 0.238 e. The minimum atomic E-state index is -0.271. The molecule has 3 nitrogen and oxygen atoms in total. The molecule has 2 atom stereocenters. The highest BCUT2D eigenvalue weighted by molar-refractivity contribution is 9.10. The van der Waals surface area contributed by atoms with Crippen LogP contribution in [0.15, 0.2) is 22.7 Å². The molecule has 2 unspecified atom stereocenters. The van der Waals surface area contributed by atoms with Crippen LogP contribution < -0.4 is 10.6 Å². The first-order valence-corrected chi connectivity index (χ1v) is 8.06. The zero-order valence-corrected chi connectivity index (χ0v) is 14.2. The van der Waals surface area contributed by atoms with Gasteiger partial charge in [-0.25, -0.2) is 4.39 Å². The summed E-state index contributed by atoms with van der Waals surface area (Å²) in [5.41, 5.74) is 0.995. The summed E-state index contributed by atoms with van der Waals surface area (Å²) in [5.74, 6) is 1.42. The van der Waals surface area contributed by atoms with Crippen LogP contribution in [0.5, 0.6) is 0 Å². The summed E-state index contributed by atoms with van der Waals surface area (Å²) in [4.78, 5) is 11.9. The molecule has 1 aromatic rings. The molecule has 1 aliphatic rings. The van der Waals surface area contributed by atoms with Gasteiger partial charge in [0.05, 0.1) is 10.5 Å². The molecule has 2 rings (SSSR count). The maximum absolute atomic E-state index is 13.1. The van der Waals surface area contributed by atoms with Crippen molar-refractivity contribution in [2.24, 2.45) is 0 Å². The highest BCUT2D eigenvalue weighted by Crippen LogP contribution is 2.18. The van der Waals surface area contributed by atoms with Gasteiger partial charge < -0.3 is 5.32 Å². The Morgan fingerprint density at radius 2 is 2.40 bits per heavy atom. The van der Waals surface area contributed by atoms with E-state index in [0.717, 1.165) is 17.2 Å². The van der Waals surface area contributed by atoms with E-state index in [1.165, 1.54) is 6.07 Å². The van der Waals surface area contributed by atoms with Gasteiger partial charge in [0.25, 0.3) is 0 Å². The average Bonchev–Trinajstić information content (AvgIpc) is 2.87. The lowest BCUT2D eigenvalue weighted by atomic mass is 10.1. The third-order valence-corrected chi connectivity index (χ3v) is 4.49. The lowest BCUT2D eigenvalue weighted by molar-refractivity contribution is -0.123. The lowest BCUT2D eigenvalue weighted by Crippen LogP contribution is -2.46. The second kappa shape index (κ2) is 8.22. The highest BCUT2D eigenvalue weighted by Gasteiger charge is 2.23. The van der Waals surface area contributed by atoms with E-state index in [-0.39, 0.29) is 36.2 Å². The van der Waals surface area contributed by atoms with Gasteiger partial charge in [0.2, 0.25) is 5.91 Å². The summed E-state index contributed by atoms with van der Waals surface area (Å²) >= 11 is 4.89. The van der Waals surface area contributed by atoms with Crippen molar-refractivity contribution in [2.45, 2.75) is 25.4 Å². The van der Waals surface area contributed by atoms with Gasteiger partial charge in [-0.1, -0.05) is 6.07 Å². The molecule has 112 valence electrons. The number of benzene rings is 1. The molecule has 20 heavy (non-hydrogen) atoms. The number of hydrogen-bond donors (Lipinski definition) is 2. The number of hydrogen-bond acceptors (Lipinski definition) is 3. The van der Waals surface area contributed by atoms with E-state index < -0.39 is 0 Å². The van der Waals surface area contributed by atoms with Crippen molar-refractivity contribution < 1.29 is 9.18 Å². The van der Waals surface area contributed by atoms with E-state index in [1.807, 2.05) is 6.92 Å². The van der Waals surface area contributed by atoms with Gasteiger partial charge in [0, 0.05) is 17.7 Å². The van der Waals surface area contributed by atoms with E-state index in [1.54, 1.807) is 23.9 Å². The van der Waals surface area contributed by atoms with Crippen molar-refractivity contribution in [2.75, 3.05) is 11.6 Å². The fourth-order valence-corrected chi connectivity index (χ4v) is 3.35.